The molecule has 11 heteroatoms. The topological polar surface area (TPSA) is 97.6 Å². The molecule has 0 spiro atoms. The summed E-state index contributed by atoms with van der Waals surface area (Å²) in [5.41, 5.74) is 2.43. The average Bonchev–Trinajstić information content (AvgIpc) is 3.31. The van der Waals surface area contributed by atoms with Crippen LogP contribution in [0.15, 0.2) is 59.8 Å². The number of thiophene rings is 1. The highest BCUT2D eigenvalue weighted by Gasteiger charge is 2.24. The Bertz CT molecular complexity index is 1580. The van der Waals surface area contributed by atoms with Gasteiger partial charge in [-0.2, -0.15) is 4.31 Å². The largest absolute Gasteiger partial charge is 0.468 e. The van der Waals surface area contributed by atoms with Crippen LogP contribution in [0.2, 0.25) is 0 Å². The molecule has 0 aliphatic carbocycles. The number of pyridine rings is 3. The predicted octanol–water partition coefficient (Wildman–Crippen LogP) is 3.27. The average molecular weight is 540 g/mol. The van der Waals surface area contributed by atoms with Crippen LogP contribution in [0.4, 0.5) is 0 Å². The number of ether oxygens (including phenoxy) is 1. The predicted molar refractivity (Wildman–Crippen MR) is 145 cm³/mol. The van der Waals surface area contributed by atoms with Crippen LogP contribution < -0.4 is 10.3 Å². The molecule has 0 amide bonds. The van der Waals surface area contributed by atoms with Crippen molar-refractivity contribution in [3.8, 4) is 17.0 Å². The van der Waals surface area contributed by atoms with Crippen molar-refractivity contribution in [3.05, 3.63) is 75.9 Å². The molecule has 1 atom stereocenters. The van der Waals surface area contributed by atoms with E-state index in [2.05, 4.69) is 14.9 Å². The molecule has 0 bridgehead atoms. The van der Waals surface area contributed by atoms with Crippen molar-refractivity contribution in [2.45, 2.75) is 19.6 Å². The zero-order chi connectivity index (χ0) is 26.2. The van der Waals surface area contributed by atoms with Gasteiger partial charge in [-0.3, -0.25) is 14.7 Å². The number of aromatic nitrogens is 3. The fourth-order valence-electron chi connectivity index (χ4n) is 4.55. The minimum absolute atomic E-state index is 0.0589. The van der Waals surface area contributed by atoms with E-state index in [0.717, 1.165) is 26.4 Å². The Morgan fingerprint density at radius 2 is 1.81 bits per heavy atom. The minimum Gasteiger partial charge on any atom is -0.468 e. The first kappa shape index (κ1) is 25.5. The molecule has 0 aromatic carbocycles. The highest BCUT2D eigenvalue weighted by molar-refractivity contribution is 7.88. The molecular formula is C26H29N5O4S2. The number of fused-ring (bicyclic) bond motifs is 1. The third kappa shape index (κ3) is 5.45. The summed E-state index contributed by atoms with van der Waals surface area (Å²) in [5, 5.41) is 0.655. The van der Waals surface area contributed by atoms with Crippen molar-refractivity contribution in [1.82, 2.24) is 23.7 Å². The Labute approximate surface area is 220 Å². The molecule has 37 heavy (non-hydrogen) atoms. The summed E-state index contributed by atoms with van der Waals surface area (Å²) in [6, 6.07) is 11.5. The van der Waals surface area contributed by atoms with Crippen LogP contribution in [-0.2, 0) is 23.6 Å². The number of piperazine rings is 1. The molecule has 1 fully saturated rings. The number of hydrogen-bond acceptors (Lipinski definition) is 8. The van der Waals surface area contributed by atoms with E-state index in [1.54, 1.807) is 35.3 Å². The number of hydrogen-bond donors (Lipinski definition) is 0. The maximum atomic E-state index is 13.0. The molecule has 5 rings (SSSR count). The fourth-order valence-corrected chi connectivity index (χ4v) is 6.59. The lowest BCUT2D eigenvalue weighted by atomic mass is 10.1. The van der Waals surface area contributed by atoms with E-state index >= 15 is 0 Å². The lowest BCUT2D eigenvalue weighted by Gasteiger charge is -2.32. The van der Waals surface area contributed by atoms with Gasteiger partial charge in [-0.15, -0.1) is 11.3 Å². The summed E-state index contributed by atoms with van der Waals surface area (Å²) in [6.07, 6.45) is 6.21. The van der Waals surface area contributed by atoms with Gasteiger partial charge in [0.25, 0.3) is 5.56 Å². The summed E-state index contributed by atoms with van der Waals surface area (Å²) >= 11 is 1.58. The van der Waals surface area contributed by atoms with E-state index in [4.69, 9.17) is 4.74 Å². The molecule has 5 heterocycles. The molecule has 1 unspecified atom stereocenters. The first-order valence-corrected chi connectivity index (χ1v) is 14.7. The van der Waals surface area contributed by atoms with E-state index in [1.807, 2.05) is 49.5 Å². The molecule has 0 saturated carbocycles. The maximum Gasteiger partial charge on any atom is 0.259 e. The van der Waals surface area contributed by atoms with Crippen molar-refractivity contribution in [3.63, 3.8) is 0 Å². The summed E-state index contributed by atoms with van der Waals surface area (Å²) < 4.78 is 33.9. The summed E-state index contributed by atoms with van der Waals surface area (Å²) in [5.74, 6) is 0.479. The van der Waals surface area contributed by atoms with Crippen molar-refractivity contribution in [2.24, 2.45) is 7.05 Å². The highest BCUT2D eigenvalue weighted by Crippen LogP contribution is 2.38. The Balaban J connectivity index is 1.46. The number of nitrogens with zero attached hydrogens (tertiary/aromatic N) is 5. The van der Waals surface area contributed by atoms with E-state index in [0.29, 0.717) is 44.0 Å². The summed E-state index contributed by atoms with van der Waals surface area (Å²) in [7, 11) is -1.43. The highest BCUT2D eigenvalue weighted by atomic mass is 32.2. The van der Waals surface area contributed by atoms with Crippen LogP contribution in [0.1, 0.15) is 23.6 Å². The SMILES string of the molecule is CC(Oc1ncccc1-c1cn(C)c(=O)c2cc(CN3CCN(S(C)(=O)=O)CC3)sc12)c1ccccn1. The molecular weight excluding hydrogens is 510 g/mol. The number of rotatable bonds is 7. The van der Waals surface area contributed by atoms with Crippen LogP contribution in [-0.4, -0.2) is 64.6 Å². The maximum absolute atomic E-state index is 13.0. The minimum atomic E-state index is -3.18. The van der Waals surface area contributed by atoms with E-state index < -0.39 is 10.0 Å². The van der Waals surface area contributed by atoms with Crippen molar-refractivity contribution in [1.29, 1.82) is 0 Å². The second kappa shape index (κ2) is 10.3. The fraction of sp³-hybridized carbons (Fsp3) is 0.346. The molecule has 0 radical (unpaired) electrons. The zero-order valence-corrected chi connectivity index (χ0v) is 22.6. The second-order valence-corrected chi connectivity index (χ2v) is 12.3. The monoisotopic (exact) mass is 539 g/mol. The van der Waals surface area contributed by atoms with Crippen molar-refractivity contribution < 1.29 is 13.2 Å². The third-order valence-electron chi connectivity index (χ3n) is 6.53. The standard InChI is InChI=1S/C26H29N5O4S2/c1-18(23-8-4-5-9-27-23)35-25-20(7-6-10-28-25)22-17-29(2)26(32)21-15-19(36-24(21)22)16-30-11-13-31(14-12-30)37(3,33)34/h4-10,15,17-18H,11-14,16H2,1-3H3. The van der Waals surface area contributed by atoms with Gasteiger partial charge in [0.05, 0.1) is 17.3 Å². The Morgan fingerprint density at radius 1 is 1.05 bits per heavy atom. The first-order valence-electron chi connectivity index (χ1n) is 12.0. The van der Waals surface area contributed by atoms with Gasteiger partial charge in [-0.05, 0) is 37.3 Å². The molecule has 0 N–H and O–H groups in total. The van der Waals surface area contributed by atoms with Gasteiger partial charge in [0.1, 0.15) is 6.10 Å². The van der Waals surface area contributed by atoms with Crippen molar-refractivity contribution in [2.75, 3.05) is 32.4 Å². The van der Waals surface area contributed by atoms with Crippen LogP contribution in [0.5, 0.6) is 5.88 Å². The molecule has 4 aromatic heterocycles. The van der Waals surface area contributed by atoms with E-state index in [-0.39, 0.29) is 11.7 Å². The van der Waals surface area contributed by atoms with Gasteiger partial charge < -0.3 is 9.30 Å². The van der Waals surface area contributed by atoms with Gasteiger partial charge in [0, 0.05) is 79.1 Å². The Morgan fingerprint density at radius 3 is 2.51 bits per heavy atom. The normalized spacial score (nSPS) is 16.2. The van der Waals surface area contributed by atoms with Gasteiger partial charge in [0.15, 0.2) is 0 Å². The smallest absolute Gasteiger partial charge is 0.259 e. The molecule has 9 nitrogen and oxygen atoms in total. The first-order chi connectivity index (χ1) is 17.7. The number of aryl methyl sites for hydroxylation is 1. The zero-order valence-electron chi connectivity index (χ0n) is 21.0. The van der Waals surface area contributed by atoms with Crippen molar-refractivity contribution >= 4 is 31.4 Å². The Kier molecular flexibility index (Phi) is 7.13. The van der Waals surface area contributed by atoms with Gasteiger partial charge in [-0.1, -0.05) is 6.07 Å². The van der Waals surface area contributed by atoms with E-state index in [1.165, 1.54) is 10.6 Å². The van der Waals surface area contributed by atoms with Crippen LogP contribution >= 0.6 is 11.3 Å². The quantitative estimate of drug-likeness (QED) is 0.356. The molecule has 1 saturated heterocycles. The number of sulfonamides is 1. The summed E-state index contributed by atoms with van der Waals surface area (Å²) in [4.78, 5) is 25.2. The van der Waals surface area contributed by atoms with Crippen LogP contribution in [0.25, 0.3) is 21.2 Å². The second-order valence-electron chi connectivity index (χ2n) is 9.22. The van der Waals surface area contributed by atoms with E-state index in [9.17, 15) is 13.2 Å². The van der Waals surface area contributed by atoms with Crippen LogP contribution in [0, 0.1) is 0 Å². The Hall–Kier alpha value is -3.12. The lowest BCUT2D eigenvalue weighted by Crippen LogP contribution is -2.47. The molecule has 4 aromatic rings. The molecule has 1 aliphatic rings. The van der Waals surface area contributed by atoms with Crippen LogP contribution in [0.3, 0.4) is 0 Å². The summed E-state index contributed by atoms with van der Waals surface area (Å²) in [6.45, 7) is 4.84. The molecule has 194 valence electrons. The lowest BCUT2D eigenvalue weighted by molar-refractivity contribution is 0.183. The van der Waals surface area contributed by atoms with Gasteiger partial charge in [-0.25, -0.2) is 13.4 Å². The van der Waals surface area contributed by atoms with Gasteiger partial charge >= 0.3 is 0 Å². The third-order valence-corrected chi connectivity index (χ3v) is 8.99. The molecule has 1 aliphatic heterocycles. The van der Waals surface area contributed by atoms with Gasteiger partial charge in [0.2, 0.25) is 15.9 Å².